The number of carboxylic acids is 1. The molecule has 190 valence electrons. The van der Waals surface area contributed by atoms with Crippen molar-refractivity contribution in [3.63, 3.8) is 0 Å². The first-order chi connectivity index (χ1) is 17.4. The second-order valence-electron chi connectivity index (χ2n) is 10.2. The molecule has 37 heavy (non-hydrogen) atoms. The van der Waals surface area contributed by atoms with Crippen molar-refractivity contribution in [3.8, 4) is 21.7 Å². The molecule has 1 N–H and O–H groups in total. The topological polar surface area (TPSA) is 77.2 Å². The van der Waals surface area contributed by atoms with Gasteiger partial charge in [-0.2, -0.15) is 5.10 Å². The molecule has 0 aliphatic heterocycles. The fourth-order valence-electron chi connectivity index (χ4n) is 4.73. The van der Waals surface area contributed by atoms with Gasteiger partial charge in [0, 0.05) is 34.1 Å². The van der Waals surface area contributed by atoms with Crippen molar-refractivity contribution in [3.05, 3.63) is 70.4 Å². The molecule has 6 nitrogen and oxygen atoms in total. The van der Waals surface area contributed by atoms with E-state index in [-0.39, 0.29) is 0 Å². The highest BCUT2D eigenvalue weighted by molar-refractivity contribution is 7.22. The maximum atomic E-state index is 12.5. The van der Waals surface area contributed by atoms with Gasteiger partial charge >= 0.3 is 5.97 Å². The summed E-state index contributed by atoms with van der Waals surface area (Å²) in [7, 11) is 1.94. The summed E-state index contributed by atoms with van der Waals surface area (Å²) < 4.78 is 8.89. The van der Waals surface area contributed by atoms with Crippen LogP contribution in [0.4, 0.5) is 0 Å². The Kier molecular flexibility index (Phi) is 6.34. The lowest BCUT2D eigenvalue weighted by Gasteiger charge is -2.28. The predicted molar refractivity (Wildman–Crippen MR) is 150 cm³/mol. The number of halogens is 1. The summed E-state index contributed by atoms with van der Waals surface area (Å²) in [5.74, 6) is -1.03. The van der Waals surface area contributed by atoms with Crippen LogP contribution < -0.4 is 0 Å². The van der Waals surface area contributed by atoms with Gasteiger partial charge in [0.1, 0.15) is 5.01 Å². The first-order valence-corrected chi connectivity index (χ1v) is 13.2. The van der Waals surface area contributed by atoms with Gasteiger partial charge in [-0.05, 0) is 70.0 Å². The number of carboxylic acid groups (broad SMARTS) is 1. The molecule has 1 unspecified atom stereocenters. The third kappa shape index (κ3) is 4.75. The van der Waals surface area contributed by atoms with Gasteiger partial charge in [0.25, 0.3) is 0 Å². The molecule has 0 radical (unpaired) electrons. The zero-order chi connectivity index (χ0) is 26.6. The molecule has 5 aromatic rings. The summed E-state index contributed by atoms with van der Waals surface area (Å²) >= 11 is 7.74. The Morgan fingerprint density at radius 3 is 2.41 bits per heavy atom. The minimum absolute atomic E-state index is 0.611. The van der Waals surface area contributed by atoms with E-state index in [4.69, 9.17) is 21.3 Å². The molecular formula is C29H28ClN3O3S. The Labute approximate surface area is 224 Å². The average molecular weight is 534 g/mol. The number of rotatable bonds is 5. The molecule has 0 spiro atoms. The zero-order valence-electron chi connectivity index (χ0n) is 21.6. The van der Waals surface area contributed by atoms with Gasteiger partial charge < -0.3 is 9.84 Å². The molecule has 0 aliphatic carbocycles. The molecule has 2 aromatic heterocycles. The maximum absolute atomic E-state index is 12.5. The van der Waals surface area contributed by atoms with E-state index in [1.807, 2.05) is 76.7 Å². The van der Waals surface area contributed by atoms with Crippen LogP contribution in [0.25, 0.3) is 42.8 Å². The number of fused-ring (bicyclic) bond motifs is 2. The lowest BCUT2D eigenvalue weighted by molar-refractivity contribution is -0.160. The second kappa shape index (κ2) is 9.24. The molecule has 0 bridgehead atoms. The second-order valence-corrected chi connectivity index (χ2v) is 11.7. The van der Waals surface area contributed by atoms with E-state index in [9.17, 15) is 9.90 Å². The molecule has 0 saturated heterocycles. The van der Waals surface area contributed by atoms with Crippen LogP contribution in [0, 0.1) is 13.8 Å². The van der Waals surface area contributed by atoms with E-state index < -0.39 is 17.7 Å². The van der Waals surface area contributed by atoms with E-state index in [1.165, 1.54) is 0 Å². The molecule has 5 rings (SSSR count). The Morgan fingerprint density at radius 2 is 1.76 bits per heavy atom. The normalized spacial score (nSPS) is 12.9. The van der Waals surface area contributed by atoms with Crippen molar-refractivity contribution >= 4 is 50.0 Å². The van der Waals surface area contributed by atoms with Crippen LogP contribution in [0.15, 0.2) is 48.5 Å². The van der Waals surface area contributed by atoms with E-state index in [2.05, 4.69) is 23.3 Å². The molecular weight excluding hydrogens is 506 g/mol. The van der Waals surface area contributed by atoms with Crippen LogP contribution >= 0.6 is 22.9 Å². The minimum Gasteiger partial charge on any atom is -0.479 e. The summed E-state index contributed by atoms with van der Waals surface area (Å²) in [5.41, 5.74) is 6.27. The quantitative estimate of drug-likeness (QED) is 0.250. The molecule has 0 amide bonds. The Morgan fingerprint density at radius 1 is 1.08 bits per heavy atom. The van der Waals surface area contributed by atoms with E-state index in [0.717, 1.165) is 54.1 Å². The number of hydrogen-bond acceptors (Lipinski definition) is 5. The predicted octanol–water partition coefficient (Wildman–Crippen LogP) is 7.73. The molecule has 0 aliphatic rings. The number of aryl methyl sites for hydroxylation is 3. The van der Waals surface area contributed by atoms with Gasteiger partial charge in [-0.3, -0.25) is 4.68 Å². The molecule has 8 heteroatoms. The van der Waals surface area contributed by atoms with Crippen molar-refractivity contribution in [1.29, 1.82) is 0 Å². The van der Waals surface area contributed by atoms with Crippen LogP contribution in [-0.4, -0.2) is 31.4 Å². The minimum atomic E-state index is -1.14. The SMILES string of the molecule is Cc1cc2nc(-c3ccc4c(C)nn(C)c4c3)sc2c(-c2ccc(Cl)cc2)c1C(OC(C)(C)C)C(=O)O. The number of aromatic nitrogens is 3. The summed E-state index contributed by atoms with van der Waals surface area (Å²) in [6.07, 6.45) is -1.14. The van der Waals surface area contributed by atoms with Crippen molar-refractivity contribution in [2.24, 2.45) is 7.05 Å². The Balaban J connectivity index is 1.78. The largest absolute Gasteiger partial charge is 0.479 e. The molecule has 1 atom stereocenters. The molecule has 2 heterocycles. The van der Waals surface area contributed by atoms with Crippen LogP contribution in [0.1, 0.15) is 43.7 Å². The highest BCUT2D eigenvalue weighted by Gasteiger charge is 2.32. The van der Waals surface area contributed by atoms with Crippen LogP contribution in [-0.2, 0) is 16.6 Å². The number of hydrogen-bond donors (Lipinski definition) is 1. The van der Waals surface area contributed by atoms with Crippen LogP contribution in [0.5, 0.6) is 0 Å². The summed E-state index contributed by atoms with van der Waals surface area (Å²) in [6, 6.07) is 15.7. The molecule has 0 saturated carbocycles. The summed E-state index contributed by atoms with van der Waals surface area (Å²) in [5, 5.41) is 17.4. The number of carbonyl (C=O) groups is 1. The summed E-state index contributed by atoms with van der Waals surface area (Å²) in [4.78, 5) is 17.5. The van der Waals surface area contributed by atoms with Gasteiger partial charge in [0.2, 0.25) is 0 Å². The fraction of sp³-hybridized carbons (Fsp3) is 0.276. The number of ether oxygens (including phenoxy) is 1. The lowest BCUT2D eigenvalue weighted by atomic mass is 9.91. The first-order valence-electron chi connectivity index (χ1n) is 12.0. The fourth-order valence-corrected chi connectivity index (χ4v) is 5.98. The number of thiazole rings is 1. The number of nitrogens with zero attached hydrogens (tertiary/aromatic N) is 3. The van der Waals surface area contributed by atoms with Crippen molar-refractivity contribution < 1.29 is 14.6 Å². The van der Waals surface area contributed by atoms with Gasteiger partial charge in [-0.15, -0.1) is 11.3 Å². The van der Waals surface area contributed by atoms with E-state index in [1.54, 1.807) is 11.3 Å². The number of benzene rings is 3. The monoisotopic (exact) mass is 533 g/mol. The smallest absolute Gasteiger partial charge is 0.337 e. The van der Waals surface area contributed by atoms with Gasteiger partial charge in [-0.1, -0.05) is 35.9 Å². The third-order valence-corrected chi connectivity index (χ3v) is 7.69. The van der Waals surface area contributed by atoms with Crippen molar-refractivity contribution in [2.45, 2.75) is 46.3 Å². The third-order valence-electron chi connectivity index (χ3n) is 6.30. The number of aliphatic carboxylic acids is 1. The maximum Gasteiger partial charge on any atom is 0.337 e. The van der Waals surface area contributed by atoms with Crippen LogP contribution in [0.3, 0.4) is 0 Å². The Bertz CT molecular complexity index is 1660. The summed E-state index contributed by atoms with van der Waals surface area (Å²) in [6.45, 7) is 9.50. The lowest BCUT2D eigenvalue weighted by Crippen LogP contribution is -2.28. The van der Waals surface area contributed by atoms with Crippen LogP contribution in [0.2, 0.25) is 5.02 Å². The van der Waals surface area contributed by atoms with E-state index >= 15 is 0 Å². The highest BCUT2D eigenvalue weighted by atomic mass is 35.5. The van der Waals surface area contributed by atoms with Gasteiger partial charge in [0.15, 0.2) is 6.10 Å². The highest BCUT2D eigenvalue weighted by Crippen LogP contribution is 2.44. The van der Waals surface area contributed by atoms with Gasteiger partial charge in [-0.25, -0.2) is 9.78 Å². The van der Waals surface area contributed by atoms with Crippen molar-refractivity contribution in [1.82, 2.24) is 14.8 Å². The average Bonchev–Trinajstić information content (AvgIpc) is 3.37. The Hall–Kier alpha value is -3.26. The van der Waals surface area contributed by atoms with E-state index in [0.29, 0.717) is 10.6 Å². The first kappa shape index (κ1) is 25.4. The molecule has 0 fully saturated rings. The van der Waals surface area contributed by atoms with Gasteiger partial charge in [0.05, 0.1) is 27.0 Å². The zero-order valence-corrected chi connectivity index (χ0v) is 23.2. The standard InChI is InChI=1S/C29H28ClN3O3S/c1-15-13-21-26(37-27(31-21)18-9-12-20-16(2)32-33(6)22(20)14-18)24(17-7-10-19(30)11-8-17)23(15)25(28(34)35)36-29(3,4)5/h7-14,25H,1-6H3,(H,34,35). The molecule has 3 aromatic carbocycles. The van der Waals surface area contributed by atoms with Crippen molar-refractivity contribution in [2.75, 3.05) is 0 Å².